The quantitative estimate of drug-likeness (QED) is 0.755. The highest BCUT2D eigenvalue weighted by Crippen LogP contribution is 2.22. The highest BCUT2D eigenvalue weighted by atomic mass is 15.2. The Balaban J connectivity index is 1.63. The molecule has 1 aliphatic carbocycles. The van der Waals surface area contributed by atoms with Crippen molar-refractivity contribution >= 4 is 0 Å². The Morgan fingerprint density at radius 1 is 1.05 bits per heavy atom. The van der Waals surface area contributed by atoms with Crippen LogP contribution in [0.4, 0.5) is 0 Å². The van der Waals surface area contributed by atoms with Gasteiger partial charge in [-0.05, 0) is 58.3 Å². The maximum Gasteiger partial charge on any atom is 0.0220 e. The van der Waals surface area contributed by atoms with Crippen LogP contribution in [0.1, 0.15) is 51.9 Å². The number of nitrogens with one attached hydrogen (secondary N) is 1. The molecule has 2 fully saturated rings. The molecule has 3 heteroatoms. The lowest BCUT2D eigenvalue weighted by Crippen LogP contribution is -2.43. The average Bonchev–Trinajstić information content (AvgIpc) is 2.66. The molecule has 0 radical (unpaired) electrons. The molecular formula is C17H35N3. The van der Waals surface area contributed by atoms with Crippen LogP contribution in [0.2, 0.25) is 0 Å². The van der Waals surface area contributed by atoms with Gasteiger partial charge in [0.25, 0.3) is 0 Å². The van der Waals surface area contributed by atoms with Crippen LogP contribution in [0, 0.1) is 5.92 Å². The summed E-state index contributed by atoms with van der Waals surface area (Å²) in [5.41, 5.74) is 0. The third-order valence-corrected chi connectivity index (χ3v) is 5.23. The summed E-state index contributed by atoms with van der Waals surface area (Å²) in [6.45, 7) is 9.81. The Kier molecular flexibility index (Phi) is 7.32. The lowest BCUT2D eigenvalue weighted by Gasteiger charge is -2.30. The molecule has 0 bridgehead atoms. The fourth-order valence-electron chi connectivity index (χ4n) is 3.89. The molecule has 1 N–H and O–H groups in total. The van der Waals surface area contributed by atoms with E-state index in [1.807, 2.05) is 0 Å². The van der Waals surface area contributed by atoms with E-state index in [-0.39, 0.29) is 0 Å². The van der Waals surface area contributed by atoms with Crippen LogP contribution >= 0.6 is 0 Å². The number of hydrogen-bond acceptors (Lipinski definition) is 3. The molecular weight excluding hydrogens is 246 g/mol. The van der Waals surface area contributed by atoms with Gasteiger partial charge in [0.2, 0.25) is 0 Å². The predicted octanol–water partition coefficient (Wildman–Crippen LogP) is 2.57. The Morgan fingerprint density at radius 3 is 2.60 bits per heavy atom. The van der Waals surface area contributed by atoms with Gasteiger partial charge in [-0.15, -0.1) is 0 Å². The normalized spacial score (nSPS) is 27.6. The minimum absolute atomic E-state index is 0.763. The molecule has 0 aromatic rings. The van der Waals surface area contributed by atoms with E-state index < -0.39 is 0 Å². The van der Waals surface area contributed by atoms with E-state index in [1.165, 1.54) is 84.2 Å². The van der Waals surface area contributed by atoms with Gasteiger partial charge in [-0.2, -0.15) is 0 Å². The van der Waals surface area contributed by atoms with Crippen molar-refractivity contribution < 1.29 is 0 Å². The van der Waals surface area contributed by atoms with Gasteiger partial charge in [-0.25, -0.2) is 0 Å². The zero-order chi connectivity index (χ0) is 14.2. The van der Waals surface area contributed by atoms with Gasteiger partial charge in [0.1, 0.15) is 0 Å². The van der Waals surface area contributed by atoms with E-state index in [0.29, 0.717) is 0 Å². The van der Waals surface area contributed by atoms with Gasteiger partial charge in [0.15, 0.2) is 0 Å². The van der Waals surface area contributed by atoms with Gasteiger partial charge in [-0.1, -0.05) is 26.2 Å². The lowest BCUT2D eigenvalue weighted by atomic mass is 9.89. The van der Waals surface area contributed by atoms with Crippen LogP contribution in [0.25, 0.3) is 0 Å². The van der Waals surface area contributed by atoms with Crippen LogP contribution in [-0.2, 0) is 0 Å². The molecule has 1 atom stereocenters. The molecule has 2 aliphatic rings. The summed E-state index contributed by atoms with van der Waals surface area (Å²) >= 11 is 0. The van der Waals surface area contributed by atoms with Crippen molar-refractivity contribution in [3.63, 3.8) is 0 Å². The molecule has 1 aliphatic heterocycles. The largest absolute Gasteiger partial charge is 0.315 e. The molecule has 3 nitrogen and oxygen atoms in total. The smallest absolute Gasteiger partial charge is 0.0220 e. The summed E-state index contributed by atoms with van der Waals surface area (Å²) in [5.74, 6) is 0.959. The topological polar surface area (TPSA) is 18.5 Å². The molecule has 20 heavy (non-hydrogen) atoms. The van der Waals surface area contributed by atoms with Crippen molar-refractivity contribution in [2.24, 2.45) is 5.92 Å². The number of hydrogen-bond donors (Lipinski definition) is 1. The van der Waals surface area contributed by atoms with Crippen LogP contribution < -0.4 is 5.32 Å². The molecule has 0 aromatic heterocycles. The van der Waals surface area contributed by atoms with Crippen LogP contribution in [-0.4, -0.2) is 62.2 Å². The van der Waals surface area contributed by atoms with Gasteiger partial charge in [0, 0.05) is 25.7 Å². The standard InChI is InChI=1S/C17H35N3/c1-3-17-15-19(2)11-7-12-20(17)13-10-18-14-16-8-5-4-6-9-16/h16-18H,3-15H2,1-2H3. The number of nitrogens with zero attached hydrogens (tertiary/aromatic N) is 2. The van der Waals surface area contributed by atoms with Crippen molar-refractivity contribution in [3.8, 4) is 0 Å². The second-order valence-corrected chi connectivity index (χ2v) is 6.92. The van der Waals surface area contributed by atoms with E-state index in [0.717, 1.165) is 12.0 Å². The van der Waals surface area contributed by atoms with Gasteiger partial charge >= 0.3 is 0 Å². The van der Waals surface area contributed by atoms with Crippen molar-refractivity contribution in [2.75, 3.05) is 46.3 Å². The Hall–Kier alpha value is -0.120. The zero-order valence-electron chi connectivity index (χ0n) is 13.7. The van der Waals surface area contributed by atoms with Crippen LogP contribution in [0.3, 0.4) is 0 Å². The van der Waals surface area contributed by atoms with Gasteiger partial charge < -0.3 is 10.2 Å². The summed E-state index contributed by atoms with van der Waals surface area (Å²) in [4.78, 5) is 5.22. The molecule has 1 saturated heterocycles. The van der Waals surface area contributed by atoms with E-state index in [9.17, 15) is 0 Å². The summed E-state index contributed by atoms with van der Waals surface area (Å²) in [7, 11) is 2.27. The summed E-state index contributed by atoms with van der Waals surface area (Å²) in [6.07, 6.45) is 9.92. The van der Waals surface area contributed by atoms with E-state index in [2.05, 4.69) is 29.1 Å². The molecule has 1 unspecified atom stereocenters. The predicted molar refractivity (Wildman–Crippen MR) is 87.2 cm³/mol. The van der Waals surface area contributed by atoms with Gasteiger partial charge in [-0.3, -0.25) is 4.90 Å². The molecule has 2 rings (SSSR count). The molecule has 1 heterocycles. The van der Waals surface area contributed by atoms with E-state index in [1.54, 1.807) is 0 Å². The van der Waals surface area contributed by atoms with Gasteiger partial charge in [0.05, 0.1) is 0 Å². The van der Waals surface area contributed by atoms with Crippen molar-refractivity contribution in [1.29, 1.82) is 0 Å². The summed E-state index contributed by atoms with van der Waals surface area (Å²) < 4.78 is 0. The monoisotopic (exact) mass is 281 g/mol. The minimum atomic E-state index is 0.763. The molecule has 1 saturated carbocycles. The van der Waals surface area contributed by atoms with E-state index in [4.69, 9.17) is 0 Å². The van der Waals surface area contributed by atoms with E-state index >= 15 is 0 Å². The first-order chi connectivity index (χ1) is 9.79. The first-order valence-electron chi connectivity index (χ1n) is 8.93. The van der Waals surface area contributed by atoms with Crippen LogP contribution in [0.5, 0.6) is 0 Å². The Morgan fingerprint density at radius 2 is 1.85 bits per heavy atom. The second-order valence-electron chi connectivity index (χ2n) is 6.92. The fourth-order valence-corrected chi connectivity index (χ4v) is 3.89. The average molecular weight is 281 g/mol. The maximum absolute atomic E-state index is 3.72. The lowest BCUT2D eigenvalue weighted by molar-refractivity contribution is 0.182. The third-order valence-electron chi connectivity index (χ3n) is 5.23. The Bertz CT molecular complexity index is 251. The molecule has 118 valence electrons. The fraction of sp³-hybridized carbons (Fsp3) is 1.00. The van der Waals surface area contributed by atoms with Crippen molar-refractivity contribution in [1.82, 2.24) is 15.1 Å². The van der Waals surface area contributed by atoms with Crippen LogP contribution in [0.15, 0.2) is 0 Å². The first-order valence-corrected chi connectivity index (χ1v) is 8.93. The van der Waals surface area contributed by atoms with Crippen molar-refractivity contribution in [3.05, 3.63) is 0 Å². The number of rotatable bonds is 6. The minimum Gasteiger partial charge on any atom is -0.315 e. The molecule has 0 aromatic carbocycles. The van der Waals surface area contributed by atoms with Crippen molar-refractivity contribution in [2.45, 2.75) is 57.9 Å². The molecule has 0 amide bonds. The summed E-state index contributed by atoms with van der Waals surface area (Å²) in [6, 6.07) is 0.763. The highest BCUT2D eigenvalue weighted by molar-refractivity contribution is 4.78. The zero-order valence-corrected chi connectivity index (χ0v) is 13.7. The summed E-state index contributed by atoms with van der Waals surface area (Å²) in [5, 5.41) is 3.72. The SMILES string of the molecule is CCC1CN(C)CCCN1CCNCC1CCCCC1. The third kappa shape index (κ3) is 5.34. The first kappa shape index (κ1) is 16.3. The Labute approximate surface area is 126 Å². The maximum atomic E-state index is 3.72. The number of likely N-dealkylation sites (N-methyl/N-ethyl adjacent to an activating group) is 1. The second kappa shape index (κ2) is 9.01. The highest BCUT2D eigenvalue weighted by Gasteiger charge is 2.21. The molecule has 0 spiro atoms.